The van der Waals surface area contributed by atoms with Crippen LogP contribution in [0.1, 0.15) is 24.0 Å². The van der Waals surface area contributed by atoms with Crippen LogP contribution < -0.4 is 5.32 Å². The van der Waals surface area contributed by atoms with Crippen LogP contribution in [0, 0.1) is 6.92 Å². The standard InChI is InChI=1S/C16H15ClN2O3/c1-10-6-7-13(22-10)16(2)14(20)19(15(21)18-16)9-11-4-3-5-12(17)8-11/h3-8H,9H2,1-2H3,(H,18,21). The molecule has 1 saturated heterocycles. The van der Waals surface area contributed by atoms with Gasteiger partial charge in [0.2, 0.25) is 0 Å². The molecule has 1 atom stereocenters. The fourth-order valence-electron chi connectivity index (χ4n) is 2.53. The highest BCUT2D eigenvalue weighted by atomic mass is 35.5. The van der Waals surface area contributed by atoms with Crippen molar-refractivity contribution in [1.29, 1.82) is 0 Å². The van der Waals surface area contributed by atoms with Gasteiger partial charge in [-0.05, 0) is 43.7 Å². The zero-order valence-electron chi connectivity index (χ0n) is 12.2. The molecule has 3 rings (SSSR count). The van der Waals surface area contributed by atoms with E-state index in [9.17, 15) is 9.59 Å². The van der Waals surface area contributed by atoms with Gasteiger partial charge < -0.3 is 9.73 Å². The van der Waals surface area contributed by atoms with Crippen molar-refractivity contribution in [3.05, 3.63) is 58.5 Å². The van der Waals surface area contributed by atoms with Crippen molar-refractivity contribution in [3.8, 4) is 0 Å². The molecule has 1 fully saturated rings. The predicted molar refractivity (Wildman–Crippen MR) is 81.3 cm³/mol. The number of urea groups is 1. The number of benzene rings is 1. The molecule has 6 heteroatoms. The maximum atomic E-state index is 12.7. The molecule has 0 saturated carbocycles. The van der Waals surface area contributed by atoms with E-state index in [1.54, 1.807) is 44.2 Å². The Kier molecular flexibility index (Phi) is 3.45. The summed E-state index contributed by atoms with van der Waals surface area (Å²) in [4.78, 5) is 26.0. The van der Waals surface area contributed by atoms with E-state index in [0.29, 0.717) is 16.5 Å². The number of aryl methyl sites for hydroxylation is 1. The van der Waals surface area contributed by atoms with Crippen LogP contribution in [0.4, 0.5) is 4.79 Å². The number of hydrogen-bond acceptors (Lipinski definition) is 3. The van der Waals surface area contributed by atoms with Crippen LogP contribution in [0.15, 0.2) is 40.8 Å². The molecule has 1 aromatic carbocycles. The van der Waals surface area contributed by atoms with Crippen molar-refractivity contribution < 1.29 is 14.0 Å². The highest BCUT2D eigenvalue weighted by molar-refractivity contribution is 6.30. The number of nitrogens with one attached hydrogen (secondary N) is 1. The van der Waals surface area contributed by atoms with Gasteiger partial charge in [-0.25, -0.2) is 4.79 Å². The van der Waals surface area contributed by atoms with Gasteiger partial charge in [-0.2, -0.15) is 0 Å². The van der Waals surface area contributed by atoms with Crippen LogP contribution >= 0.6 is 11.6 Å². The fourth-order valence-corrected chi connectivity index (χ4v) is 2.74. The molecule has 3 amide bonds. The Bertz CT molecular complexity index is 755. The number of carbonyl (C=O) groups excluding carboxylic acids is 2. The van der Waals surface area contributed by atoms with E-state index >= 15 is 0 Å². The summed E-state index contributed by atoms with van der Waals surface area (Å²) in [6.45, 7) is 3.60. The van der Waals surface area contributed by atoms with Crippen molar-refractivity contribution >= 4 is 23.5 Å². The monoisotopic (exact) mass is 318 g/mol. The lowest BCUT2D eigenvalue weighted by molar-refractivity contribution is -0.132. The molecule has 0 radical (unpaired) electrons. The first-order valence-electron chi connectivity index (χ1n) is 6.85. The zero-order chi connectivity index (χ0) is 15.9. The summed E-state index contributed by atoms with van der Waals surface area (Å²) >= 11 is 5.94. The lowest BCUT2D eigenvalue weighted by Crippen LogP contribution is -2.40. The summed E-state index contributed by atoms with van der Waals surface area (Å²) < 4.78 is 5.52. The van der Waals surface area contributed by atoms with Gasteiger partial charge in [0.1, 0.15) is 11.5 Å². The molecule has 2 aromatic rings. The number of halogens is 1. The maximum Gasteiger partial charge on any atom is 0.325 e. The van der Waals surface area contributed by atoms with Gasteiger partial charge in [0.05, 0.1) is 6.54 Å². The van der Waals surface area contributed by atoms with Gasteiger partial charge in [-0.15, -0.1) is 0 Å². The summed E-state index contributed by atoms with van der Waals surface area (Å²) in [5, 5.41) is 3.27. The van der Waals surface area contributed by atoms with Gasteiger partial charge in [0, 0.05) is 5.02 Å². The minimum atomic E-state index is -1.18. The second-order valence-corrected chi connectivity index (χ2v) is 5.92. The van der Waals surface area contributed by atoms with Gasteiger partial charge in [0.15, 0.2) is 5.54 Å². The minimum Gasteiger partial charge on any atom is -0.463 e. The topological polar surface area (TPSA) is 62.6 Å². The molecular formula is C16H15ClN2O3. The highest BCUT2D eigenvalue weighted by Crippen LogP contribution is 2.31. The third kappa shape index (κ3) is 2.37. The number of amides is 3. The molecule has 0 spiro atoms. The third-order valence-electron chi connectivity index (χ3n) is 3.74. The van der Waals surface area contributed by atoms with Crippen molar-refractivity contribution in [1.82, 2.24) is 10.2 Å². The number of rotatable bonds is 3. The van der Waals surface area contributed by atoms with E-state index in [2.05, 4.69) is 5.32 Å². The SMILES string of the molecule is Cc1ccc(C2(C)NC(=O)N(Cc3cccc(Cl)c3)C2=O)o1. The number of hydrogen-bond donors (Lipinski definition) is 1. The summed E-state index contributed by atoms with van der Waals surface area (Å²) in [5.41, 5.74) is -0.389. The molecule has 114 valence electrons. The predicted octanol–water partition coefficient (Wildman–Crippen LogP) is 3.21. The molecule has 1 aliphatic rings. The minimum absolute atomic E-state index is 0.167. The van der Waals surface area contributed by atoms with Crippen molar-refractivity contribution in [2.24, 2.45) is 0 Å². The first-order valence-corrected chi connectivity index (χ1v) is 7.23. The molecule has 2 heterocycles. The smallest absolute Gasteiger partial charge is 0.325 e. The Hall–Kier alpha value is -2.27. The van der Waals surface area contributed by atoms with Crippen molar-refractivity contribution in [2.45, 2.75) is 25.9 Å². The molecule has 1 unspecified atom stereocenters. The Labute approximate surface area is 132 Å². The summed E-state index contributed by atoms with van der Waals surface area (Å²) in [6.07, 6.45) is 0. The van der Waals surface area contributed by atoms with Crippen molar-refractivity contribution in [3.63, 3.8) is 0 Å². The Morgan fingerprint density at radius 3 is 2.68 bits per heavy atom. The number of nitrogens with zero attached hydrogens (tertiary/aromatic N) is 1. The molecule has 0 aliphatic carbocycles. The molecule has 1 aromatic heterocycles. The molecule has 1 aliphatic heterocycles. The van der Waals surface area contributed by atoms with Crippen LogP contribution in [0.3, 0.4) is 0 Å². The average molecular weight is 319 g/mol. The first kappa shape index (κ1) is 14.7. The van der Waals surface area contributed by atoms with E-state index in [1.165, 1.54) is 4.90 Å². The van der Waals surface area contributed by atoms with Crippen molar-refractivity contribution in [2.75, 3.05) is 0 Å². The summed E-state index contributed by atoms with van der Waals surface area (Å²) in [5.74, 6) is 0.773. The van der Waals surface area contributed by atoms with Crippen LogP contribution in [0.5, 0.6) is 0 Å². The molecule has 0 bridgehead atoms. The van der Waals surface area contributed by atoms with Gasteiger partial charge in [0.25, 0.3) is 5.91 Å². The zero-order valence-corrected chi connectivity index (χ0v) is 13.0. The summed E-state index contributed by atoms with van der Waals surface area (Å²) in [7, 11) is 0. The van der Waals surface area contributed by atoms with Crippen LogP contribution in [-0.4, -0.2) is 16.8 Å². The maximum absolute atomic E-state index is 12.7. The Morgan fingerprint density at radius 2 is 2.05 bits per heavy atom. The van der Waals surface area contributed by atoms with E-state index < -0.39 is 11.6 Å². The van der Waals surface area contributed by atoms with E-state index in [0.717, 1.165) is 5.56 Å². The Morgan fingerprint density at radius 1 is 1.27 bits per heavy atom. The van der Waals surface area contributed by atoms with Gasteiger partial charge in [-0.1, -0.05) is 23.7 Å². The highest BCUT2D eigenvalue weighted by Gasteiger charge is 2.50. The van der Waals surface area contributed by atoms with Crippen LogP contribution in [0.2, 0.25) is 5.02 Å². The third-order valence-corrected chi connectivity index (χ3v) is 3.97. The van der Waals surface area contributed by atoms with E-state index in [-0.39, 0.29) is 12.5 Å². The normalized spacial score (nSPS) is 21.3. The second-order valence-electron chi connectivity index (χ2n) is 5.49. The lowest BCUT2D eigenvalue weighted by Gasteiger charge is -2.19. The summed E-state index contributed by atoms with van der Waals surface area (Å²) in [6, 6.07) is 10.1. The Balaban J connectivity index is 1.88. The number of furan rings is 1. The number of carbonyl (C=O) groups is 2. The van der Waals surface area contributed by atoms with Gasteiger partial charge >= 0.3 is 6.03 Å². The van der Waals surface area contributed by atoms with E-state index in [4.69, 9.17) is 16.0 Å². The molecular weight excluding hydrogens is 304 g/mol. The molecule has 22 heavy (non-hydrogen) atoms. The van der Waals surface area contributed by atoms with Crippen LogP contribution in [0.25, 0.3) is 0 Å². The second kappa shape index (κ2) is 5.18. The molecule has 5 nitrogen and oxygen atoms in total. The fraction of sp³-hybridized carbons (Fsp3) is 0.250. The van der Waals surface area contributed by atoms with E-state index in [1.807, 2.05) is 6.07 Å². The van der Waals surface area contributed by atoms with Crippen LogP contribution in [-0.2, 0) is 16.9 Å². The van der Waals surface area contributed by atoms with Gasteiger partial charge in [-0.3, -0.25) is 9.69 Å². The quantitative estimate of drug-likeness (QED) is 0.884. The molecule has 1 N–H and O–H groups in total. The first-order chi connectivity index (χ1) is 10.4. The number of imide groups is 1. The largest absolute Gasteiger partial charge is 0.463 e. The lowest BCUT2D eigenvalue weighted by atomic mass is 9.99. The average Bonchev–Trinajstić information content (AvgIpc) is 2.98.